The Hall–Kier alpha value is -2.86. The lowest BCUT2D eigenvalue weighted by atomic mass is 10.2. The van der Waals surface area contributed by atoms with Crippen molar-refractivity contribution < 1.29 is 9.53 Å². The van der Waals surface area contributed by atoms with Gasteiger partial charge in [0.25, 0.3) is 5.91 Å². The molecule has 1 heterocycles. The predicted molar refractivity (Wildman–Crippen MR) is 103 cm³/mol. The number of para-hydroxylation sites is 2. The molecule has 0 bridgehead atoms. The summed E-state index contributed by atoms with van der Waals surface area (Å²) in [6.45, 7) is 0. The van der Waals surface area contributed by atoms with E-state index in [0.717, 1.165) is 15.9 Å². The topological polar surface area (TPSA) is 63.2 Å². The van der Waals surface area contributed by atoms with Crippen LogP contribution in [0.1, 0.15) is 10.4 Å². The van der Waals surface area contributed by atoms with E-state index in [9.17, 15) is 4.79 Å². The SMILES string of the molecule is COc1ccccc1Nc1ccc(NC(=O)c2ccccc2Br)cn1. The number of ether oxygens (including phenoxy) is 1. The fraction of sp³-hybridized carbons (Fsp3) is 0.0526. The van der Waals surface area contributed by atoms with Crippen LogP contribution in [0.4, 0.5) is 17.2 Å². The second-order valence-corrected chi connectivity index (χ2v) is 6.05. The summed E-state index contributed by atoms with van der Waals surface area (Å²) in [5, 5.41) is 6.02. The maximum absolute atomic E-state index is 12.3. The molecule has 2 aromatic carbocycles. The van der Waals surface area contributed by atoms with Crippen molar-refractivity contribution in [3.8, 4) is 5.75 Å². The van der Waals surface area contributed by atoms with Gasteiger partial charge in [-0.05, 0) is 52.3 Å². The molecule has 5 nitrogen and oxygen atoms in total. The van der Waals surface area contributed by atoms with Gasteiger partial charge in [-0.1, -0.05) is 24.3 Å². The number of hydrogen-bond donors (Lipinski definition) is 2. The Morgan fingerprint density at radius 2 is 1.80 bits per heavy atom. The summed E-state index contributed by atoms with van der Waals surface area (Å²) in [4.78, 5) is 16.6. The standard InChI is InChI=1S/C19H16BrN3O2/c1-25-17-9-5-4-8-16(17)23-18-11-10-13(12-21-18)22-19(24)14-6-2-3-7-15(14)20/h2-12H,1H3,(H,21,23)(H,22,24). The molecule has 0 aliphatic rings. The maximum atomic E-state index is 12.3. The first-order valence-corrected chi connectivity index (χ1v) is 8.38. The van der Waals surface area contributed by atoms with Gasteiger partial charge in [0.05, 0.1) is 30.2 Å². The third-order valence-electron chi connectivity index (χ3n) is 3.51. The number of carbonyl (C=O) groups is 1. The van der Waals surface area contributed by atoms with Gasteiger partial charge in [0.2, 0.25) is 0 Å². The van der Waals surface area contributed by atoms with E-state index in [1.54, 1.807) is 31.5 Å². The molecule has 6 heteroatoms. The molecule has 0 atom stereocenters. The Labute approximate surface area is 154 Å². The second-order valence-electron chi connectivity index (χ2n) is 5.19. The minimum atomic E-state index is -0.195. The number of methoxy groups -OCH3 is 1. The molecule has 25 heavy (non-hydrogen) atoms. The molecule has 2 N–H and O–H groups in total. The first kappa shape index (κ1) is 17.0. The molecular weight excluding hydrogens is 382 g/mol. The number of anilines is 3. The van der Waals surface area contributed by atoms with Gasteiger partial charge >= 0.3 is 0 Å². The van der Waals surface area contributed by atoms with Crippen molar-refractivity contribution in [3.63, 3.8) is 0 Å². The highest BCUT2D eigenvalue weighted by atomic mass is 79.9. The molecule has 3 aromatic rings. The van der Waals surface area contributed by atoms with Gasteiger partial charge in [-0.2, -0.15) is 0 Å². The van der Waals surface area contributed by atoms with Crippen LogP contribution in [0.3, 0.4) is 0 Å². The third-order valence-corrected chi connectivity index (χ3v) is 4.20. The average Bonchev–Trinajstić information content (AvgIpc) is 2.64. The summed E-state index contributed by atoms with van der Waals surface area (Å²) in [5.41, 5.74) is 2.01. The van der Waals surface area contributed by atoms with Crippen LogP contribution in [0.5, 0.6) is 5.75 Å². The summed E-state index contributed by atoms with van der Waals surface area (Å²) in [6, 6.07) is 18.4. The fourth-order valence-corrected chi connectivity index (χ4v) is 2.74. The zero-order chi connectivity index (χ0) is 17.6. The number of nitrogens with one attached hydrogen (secondary N) is 2. The first-order valence-electron chi connectivity index (χ1n) is 7.59. The highest BCUT2D eigenvalue weighted by molar-refractivity contribution is 9.10. The number of halogens is 1. The van der Waals surface area contributed by atoms with Crippen LogP contribution in [0, 0.1) is 0 Å². The fourth-order valence-electron chi connectivity index (χ4n) is 2.27. The minimum Gasteiger partial charge on any atom is -0.495 e. The molecule has 0 unspecified atom stereocenters. The summed E-state index contributed by atoms with van der Waals surface area (Å²) >= 11 is 3.37. The lowest BCUT2D eigenvalue weighted by Crippen LogP contribution is -2.12. The number of carbonyl (C=O) groups excluding carboxylic acids is 1. The van der Waals surface area contributed by atoms with E-state index in [1.165, 1.54) is 0 Å². The van der Waals surface area contributed by atoms with Crippen molar-refractivity contribution in [2.75, 3.05) is 17.7 Å². The Bertz CT molecular complexity index is 882. The van der Waals surface area contributed by atoms with Crippen LogP contribution in [0.15, 0.2) is 71.3 Å². The summed E-state index contributed by atoms with van der Waals surface area (Å²) in [7, 11) is 1.62. The quantitative estimate of drug-likeness (QED) is 0.645. The molecule has 0 aliphatic carbocycles. The molecule has 0 radical (unpaired) electrons. The Morgan fingerprint density at radius 1 is 1.04 bits per heavy atom. The monoisotopic (exact) mass is 397 g/mol. The molecule has 0 saturated heterocycles. The smallest absolute Gasteiger partial charge is 0.256 e. The molecule has 126 valence electrons. The number of hydrogen-bond acceptors (Lipinski definition) is 4. The van der Waals surface area contributed by atoms with Gasteiger partial charge in [0.15, 0.2) is 0 Å². The van der Waals surface area contributed by atoms with Crippen LogP contribution >= 0.6 is 15.9 Å². The minimum absolute atomic E-state index is 0.195. The number of aromatic nitrogens is 1. The molecule has 0 spiro atoms. The molecule has 1 amide bonds. The number of amides is 1. The van der Waals surface area contributed by atoms with Crippen LogP contribution in [0.25, 0.3) is 0 Å². The van der Waals surface area contributed by atoms with Crippen LogP contribution in [-0.4, -0.2) is 18.0 Å². The zero-order valence-corrected chi connectivity index (χ0v) is 15.1. The van der Waals surface area contributed by atoms with Gasteiger partial charge in [-0.15, -0.1) is 0 Å². The zero-order valence-electron chi connectivity index (χ0n) is 13.5. The second kappa shape index (κ2) is 7.81. The van der Waals surface area contributed by atoms with Crippen molar-refractivity contribution in [3.05, 3.63) is 76.9 Å². The molecule has 1 aromatic heterocycles. The van der Waals surface area contributed by atoms with Gasteiger partial charge in [0, 0.05) is 4.47 Å². The first-order chi connectivity index (χ1) is 12.2. The summed E-state index contributed by atoms with van der Waals surface area (Å²) < 4.78 is 6.05. The average molecular weight is 398 g/mol. The van der Waals surface area contributed by atoms with Crippen LogP contribution < -0.4 is 15.4 Å². The van der Waals surface area contributed by atoms with Crippen molar-refractivity contribution >= 4 is 39.0 Å². The van der Waals surface area contributed by atoms with Gasteiger partial charge in [-0.25, -0.2) is 4.98 Å². The Kier molecular flexibility index (Phi) is 5.30. The van der Waals surface area contributed by atoms with Crippen LogP contribution in [0.2, 0.25) is 0 Å². The number of benzene rings is 2. The lowest BCUT2D eigenvalue weighted by molar-refractivity contribution is 0.102. The van der Waals surface area contributed by atoms with Gasteiger partial charge in [0.1, 0.15) is 11.6 Å². The Balaban J connectivity index is 1.70. The predicted octanol–water partition coefficient (Wildman–Crippen LogP) is 4.85. The largest absolute Gasteiger partial charge is 0.495 e. The number of rotatable bonds is 5. The van der Waals surface area contributed by atoms with Crippen molar-refractivity contribution in [2.24, 2.45) is 0 Å². The van der Waals surface area contributed by atoms with Crippen LogP contribution in [-0.2, 0) is 0 Å². The highest BCUT2D eigenvalue weighted by Crippen LogP contribution is 2.26. The van der Waals surface area contributed by atoms with E-state index >= 15 is 0 Å². The molecule has 0 saturated carbocycles. The summed E-state index contributed by atoms with van der Waals surface area (Å²) in [5.74, 6) is 1.19. The van der Waals surface area contributed by atoms with Crippen molar-refractivity contribution in [2.45, 2.75) is 0 Å². The van der Waals surface area contributed by atoms with E-state index < -0.39 is 0 Å². The van der Waals surface area contributed by atoms with Crippen molar-refractivity contribution in [1.29, 1.82) is 0 Å². The molecular formula is C19H16BrN3O2. The highest BCUT2D eigenvalue weighted by Gasteiger charge is 2.10. The Morgan fingerprint density at radius 3 is 2.52 bits per heavy atom. The van der Waals surface area contributed by atoms with E-state index in [1.807, 2.05) is 42.5 Å². The van der Waals surface area contributed by atoms with E-state index in [2.05, 4.69) is 31.5 Å². The summed E-state index contributed by atoms with van der Waals surface area (Å²) in [6.07, 6.45) is 1.60. The van der Waals surface area contributed by atoms with Crippen molar-refractivity contribution in [1.82, 2.24) is 4.98 Å². The molecule has 3 rings (SSSR count). The maximum Gasteiger partial charge on any atom is 0.256 e. The third kappa shape index (κ3) is 4.16. The van der Waals surface area contributed by atoms with Gasteiger partial charge in [-0.3, -0.25) is 4.79 Å². The lowest BCUT2D eigenvalue weighted by Gasteiger charge is -2.11. The number of nitrogens with zero attached hydrogens (tertiary/aromatic N) is 1. The van der Waals surface area contributed by atoms with E-state index in [-0.39, 0.29) is 5.91 Å². The van der Waals surface area contributed by atoms with E-state index in [4.69, 9.17) is 4.74 Å². The number of pyridine rings is 1. The molecule has 0 aliphatic heterocycles. The molecule has 0 fully saturated rings. The van der Waals surface area contributed by atoms with Gasteiger partial charge < -0.3 is 15.4 Å². The normalized spacial score (nSPS) is 10.2. The van der Waals surface area contributed by atoms with E-state index in [0.29, 0.717) is 17.1 Å².